The van der Waals surface area contributed by atoms with E-state index in [9.17, 15) is 9.18 Å². The van der Waals surface area contributed by atoms with E-state index in [2.05, 4.69) is 0 Å². The van der Waals surface area contributed by atoms with E-state index >= 15 is 0 Å². The van der Waals surface area contributed by atoms with Crippen molar-refractivity contribution < 1.29 is 9.18 Å². The van der Waals surface area contributed by atoms with Gasteiger partial charge >= 0.3 is 0 Å². The largest absolute Gasteiger partial charge is 0.329 e. The van der Waals surface area contributed by atoms with E-state index < -0.39 is 0 Å². The van der Waals surface area contributed by atoms with Crippen LogP contribution in [0.2, 0.25) is 0 Å². The van der Waals surface area contributed by atoms with Crippen LogP contribution in [0, 0.1) is 11.2 Å². The summed E-state index contributed by atoms with van der Waals surface area (Å²) in [6.45, 7) is 0.418. The first-order valence-electron chi connectivity index (χ1n) is 6.14. The molecule has 1 aromatic carbocycles. The van der Waals surface area contributed by atoms with Gasteiger partial charge in [-0.05, 0) is 30.5 Å². The summed E-state index contributed by atoms with van der Waals surface area (Å²) in [7, 11) is 0. The van der Waals surface area contributed by atoms with E-state index in [1.54, 1.807) is 12.1 Å². The summed E-state index contributed by atoms with van der Waals surface area (Å²) in [6, 6.07) is 6.25. The molecule has 1 fully saturated rings. The van der Waals surface area contributed by atoms with Gasteiger partial charge in [0.25, 0.3) is 0 Å². The number of hydrogen-bond donors (Lipinski definition) is 1. The van der Waals surface area contributed by atoms with Crippen LogP contribution in [-0.4, -0.2) is 12.3 Å². The molecule has 0 saturated heterocycles. The highest BCUT2D eigenvalue weighted by molar-refractivity contribution is 5.87. The number of carbonyl (C=O) groups is 1. The summed E-state index contributed by atoms with van der Waals surface area (Å²) >= 11 is 0. The number of halogens is 1. The van der Waals surface area contributed by atoms with Gasteiger partial charge in [-0.1, -0.05) is 25.0 Å². The van der Waals surface area contributed by atoms with Crippen LogP contribution in [0.25, 0.3) is 0 Å². The fourth-order valence-corrected chi connectivity index (χ4v) is 2.67. The lowest BCUT2D eigenvalue weighted by Crippen LogP contribution is -2.37. The molecule has 0 radical (unpaired) electrons. The molecule has 1 aromatic rings. The third-order valence-corrected chi connectivity index (χ3v) is 3.80. The maximum Gasteiger partial charge on any atom is 0.144 e. The Morgan fingerprint density at radius 1 is 1.35 bits per heavy atom. The Balaban J connectivity index is 2.10. The smallest absolute Gasteiger partial charge is 0.144 e. The fraction of sp³-hybridized carbons (Fsp3) is 0.500. The lowest BCUT2D eigenvalue weighted by Gasteiger charge is -2.25. The van der Waals surface area contributed by atoms with E-state index in [1.165, 1.54) is 12.1 Å². The van der Waals surface area contributed by atoms with Gasteiger partial charge in [-0.25, -0.2) is 4.39 Å². The average molecular weight is 235 g/mol. The van der Waals surface area contributed by atoms with Gasteiger partial charge in [0.1, 0.15) is 11.6 Å². The van der Waals surface area contributed by atoms with Gasteiger partial charge in [0.05, 0.1) is 0 Å². The average Bonchev–Trinajstić information content (AvgIpc) is 2.78. The zero-order chi connectivity index (χ0) is 12.3. The summed E-state index contributed by atoms with van der Waals surface area (Å²) in [4.78, 5) is 12.3. The number of carbonyl (C=O) groups excluding carboxylic acids is 1. The number of nitrogens with two attached hydrogens (primary N) is 1. The van der Waals surface area contributed by atoms with Gasteiger partial charge in [-0.3, -0.25) is 4.79 Å². The second-order valence-corrected chi connectivity index (χ2v) is 4.92. The van der Waals surface area contributed by atoms with Crippen LogP contribution in [0.4, 0.5) is 4.39 Å². The van der Waals surface area contributed by atoms with Crippen molar-refractivity contribution in [2.75, 3.05) is 6.54 Å². The molecule has 0 bridgehead atoms. The van der Waals surface area contributed by atoms with Gasteiger partial charge < -0.3 is 5.73 Å². The first-order valence-corrected chi connectivity index (χ1v) is 6.14. The van der Waals surface area contributed by atoms with Crippen molar-refractivity contribution in [3.8, 4) is 0 Å². The topological polar surface area (TPSA) is 43.1 Å². The van der Waals surface area contributed by atoms with Crippen molar-refractivity contribution >= 4 is 5.78 Å². The summed E-state index contributed by atoms with van der Waals surface area (Å²) in [5.41, 5.74) is 6.16. The van der Waals surface area contributed by atoms with Gasteiger partial charge in [0.15, 0.2) is 0 Å². The lowest BCUT2D eigenvalue weighted by atomic mass is 9.79. The highest BCUT2D eigenvalue weighted by Gasteiger charge is 2.38. The predicted octanol–water partition coefficient (Wildman–Crippen LogP) is 2.46. The second kappa shape index (κ2) is 4.96. The van der Waals surface area contributed by atoms with Gasteiger partial charge in [-0.15, -0.1) is 0 Å². The highest BCUT2D eigenvalue weighted by Crippen LogP contribution is 2.38. The molecule has 1 aliphatic rings. The van der Waals surface area contributed by atoms with Crippen LogP contribution < -0.4 is 5.73 Å². The van der Waals surface area contributed by atoms with Crippen LogP contribution in [0.1, 0.15) is 31.2 Å². The number of rotatable bonds is 4. The predicted molar refractivity (Wildman–Crippen MR) is 65.1 cm³/mol. The first kappa shape index (κ1) is 12.2. The summed E-state index contributed by atoms with van der Waals surface area (Å²) in [5, 5.41) is 0. The summed E-state index contributed by atoms with van der Waals surface area (Å²) in [5.74, 6) is -0.119. The zero-order valence-electron chi connectivity index (χ0n) is 9.92. The highest BCUT2D eigenvalue weighted by atomic mass is 19.1. The van der Waals surface area contributed by atoms with E-state index in [0.29, 0.717) is 13.0 Å². The Hall–Kier alpha value is -1.22. The molecule has 1 saturated carbocycles. The van der Waals surface area contributed by atoms with Gasteiger partial charge in [-0.2, -0.15) is 0 Å². The molecule has 0 aromatic heterocycles. The van der Waals surface area contributed by atoms with Crippen LogP contribution >= 0.6 is 0 Å². The Morgan fingerprint density at radius 2 is 2.06 bits per heavy atom. The maximum atomic E-state index is 13.0. The van der Waals surface area contributed by atoms with Crippen molar-refractivity contribution in [3.63, 3.8) is 0 Å². The van der Waals surface area contributed by atoms with Crippen molar-refractivity contribution in [1.29, 1.82) is 0 Å². The Bertz CT molecular complexity index is 410. The van der Waals surface area contributed by atoms with Crippen LogP contribution in [-0.2, 0) is 11.2 Å². The van der Waals surface area contributed by atoms with Crippen molar-refractivity contribution in [1.82, 2.24) is 0 Å². The summed E-state index contributed by atoms with van der Waals surface area (Å²) in [6.07, 6.45) is 4.22. The molecular formula is C14H18FNO. The molecule has 92 valence electrons. The van der Waals surface area contributed by atoms with Crippen LogP contribution in [0.5, 0.6) is 0 Å². The van der Waals surface area contributed by atoms with E-state index in [4.69, 9.17) is 5.73 Å². The molecule has 0 atom stereocenters. The molecule has 2 nitrogen and oxygen atoms in total. The minimum atomic E-state index is -0.341. The van der Waals surface area contributed by atoms with Crippen molar-refractivity contribution in [3.05, 3.63) is 35.6 Å². The molecule has 3 heteroatoms. The number of ketones is 1. The van der Waals surface area contributed by atoms with E-state index in [-0.39, 0.29) is 17.0 Å². The third kappa shape index (κ3) is 2.55. The number of benzene rings is 1. The van der Waals surface area contributed by atoms with Crippen molar-refractivity contribution in [2.45, 2.75) is 32.1 Å². The Labute approximate surface area is 101 Å². The molecule has 2 N–H and O–H groups in total. The quantitative estimate of drug-likeness (QED) is 0.871. The molecule has 0 unspecified atom stereocenters. The standard InChI is InChI=1S/C14H18FNO/c15-12-5-3-4-11(8-12)9-13(17)14(10-16)6-1-2-7-14/h3-5,8H,1-2,6-7,9-10,16H2. The molecule has 1 aliphatic carbocycles. The SMILES string of the molecule is NCC1(C(=O)Cc2cccc(F)c2)CCCC1. The molecule has 0 spiro atoms. The Kier molecular flexibility index (Phi) is 3.57. The third-order valence-electron chi connectivity index (χ3n) is 3.80. The number of Topliss-reactive ketones (excluding diaryl/α,β-unsaturated/α-hetero) is 1. The Morgan fingerprint density at radius 3 is 2.65 bits per heavy atom. The van der Waals surface area contributed by atoms with E-state index in [0.717, 1.165) is 31.2 Å². The minimum absolute atomic E-state index is 0.170. The molecule has 0 heterocycles. The molecule has 0 amide bonds. The molecule has 2 rings (SSSR count). The normalized spacial score (nSPS) is 18.2. The minimum Gasteiger partial charge on any atom is -0.329 e. The molecular weight excluding hydrogens is 217 g/mol. The fourth-order valence-electron chi connectivity index (χ4n) is 2.67. The first-order chi connectivity index (χ1) is 8.16. The van der Waals surface area contributed by atoms with Crippen molar-refractivity contribution in [2.24, 2.45) is 11.1 Å². The van der Waals surface area contributed by atoms with Gasteiger partial charge in [0, 0.05) is 18.4 Å². The molecule has 0 aliphatic heterocycles. The van der Waals surface area contributed by atoms with Crippen LogP contribution in [0.3, 0.4) is 0 Å². The van der Waals surface area contributed by atoms with Gasteiger partial charge in [0.2, 0.25) is 0 Å². The molecule has 17 heavy (non-hydrogen) atoms. The monoisotopic (exact) mass is 235 g/mol. The van der Waals surface area contributed by atoms with Crippen LogP contribution in [0.15, 0.2) is 24.3 Å². The second-order valence-electron chi connectivity index (χ2n) is 4.92. The summed E-state index contributed by atoms with van der Waals surface area (Å²) < 4.78 is 13.0. The zero-order valence-corrected chi connectivity index (χ0v) is 9.92. The lowest BCUT2D eigenvalue weighted by molar-refractivity contribution is -0.127. The maximum absolute atomic E-state index is 13.0. The number of hydrogen-bond acceptors (Lipinski definition) is 2. The van der Waals surface area contributed by atoms with E-state index in [1.807, 2.05) is 0 Å².